The average Bonchev–Trinajstić information content (AvgIpc) is 3.10. The molecule has 0 aliphatic carbocycles. The first-order valence-electron chi connectivity index (χ1n) is 7.82. The molecular formula is C16H26BrIN6S. The molecule has 25 heavy (non-hydrogen) atoms. The Kier molecular flexibility index (Phi) is 9.22. The summed E-state index contributed by atoms with van der Waals surface area (Å²) in [6.07, 6.45) is 2.06. The number of aromatic nitrogens is 2. The van der Waals surface area contributed by atoms with Crippen LogP contribution in [0.5, 0.6) is 0 Å². The van der Waals surface area contributed by atoms with E-state index in [-0.39, 0.29) is 24.0 Å². The fourth-order valence-electron chi connectivity index (χ4n) is 2.24. The monoisotopic (exact) mass is 540 g/mol. The van der Waals surface area contributed by atoms with Crippen LogP contribution in [0, 0.1) is 0 Å². The number of hydrogen-bond donors (Lipinski definition) is 1. The van der Waals surface area contributed by atoms with Crippen molar-refractivity contribution in [1.29, 1.82) is 0 Å². The van der Waals surface area contributed by atoms with Crippen molar-refractivity contribution in [2.45, 2.75) is 20.0 Å². The fourth-order valence-corrected chi connectivity index (χ4v) is 3.56. The lowest BCUT2D eigenvalue weighted by atomic mass is 10.4. The lowest BCUT2D eigenvalue weighted by Crippen LogP contribution is -2.38. The Labute approximate surface area is 179 Å². The van der Waals surface area contributed by atoms with Gasteiger partial charge in [-0.15, -0.1) is 35.3 Å². The zero-order chi connectivity index (χ0) is 17.7. The van der Waals surface area contributed by atoms with Gasteiger partial charge in [0.25, 0.3) is 0 Å². The maximum atomic E-state index is 4.73. The van der Waals surface area contributed by atoms with Crippen molar-refractivity contribution in [2.24, 2.45) is 12.0 Å². The van der Waals surface area contributed by atoms with E-state index in [0.717, 1.165) is 34.3 Å². The van der Waals surface area contributed by atoms with Crippen molar-refractivity contribution < 1.29 is 0 Å². The maximum Gasteiger partial charge on any atom is 0.194 e. The minimum atomic E-state index is 0. The van der Waals surface area contributed by atoms with E-state index in [0.29, 0.717) is 6.54 Å². The van der Waals surface area contributed by atoms with E-state index < -0.39 is 0 Å². The molecule has 2 aromatic rings. The van der Waals surface area contributed by atoms with Gasteiger partial charge >= 0.3 is 0 Å². The molecular weight excluding hydrogens is 515 g/mol. The fraction of sp³-hybridized carbons (Fsp3) is 0.500. The second-order valence-corrected chi connectivity index (χ2v) is 7.55. The van der Waals surface area contributed by atoms with Crippen LogP contribution >= 0.6 is 51.2 Å². The number of nitrogens with one attached hydrogen (secondary N) is 1. The molecule has 2 heterocycles. The van der Waals surface area contributed by atoms with Crippen molar-refractivity contribution in [3.8, 4) is 0 Å². The third kappa shape index (κ3) is 6.45. The third-order valence-electron chi connectivity index (χ3n) is 3.48. The van der Waals surface area contributed by atoms with Gasteiger partial charge in [0, 0.05) is 56.5 Å². The number of nitrogens with zero attached hydrogens (tertiary/aromatic N) is 5. The van der Waals surface area contributed by atoms with Crippen LogP contribution in [0.2, 0.25) is 0 Å². The highest BCUT2D eigenvalue weighted by atomic mass is 127. The van der Waals surface area contributed by atoms with Crippen LogP contribution in [0.15, 0.2) is 27.1 Å². The van der Waals surface area contributed by atoms with Gasteiger partial charge in [-0.2, -0.15) is 0 Å². The minimum absolute atomic E-state index is 0. The Morgan fingerprint density at radius 2 is 2.12 bits per heavy atom. The largest absolute Gasteiger partial charge is 0.357 e. The van der Waals surface area contributed by atoms with Crippen LogP contribution in [0.4, 0.5) is 5.13 Å². The Morgan fingerprint density at radius 3 is 2.64 bits per heavy atom. The first kappa shape index (κ1) is 22.2. The second-order valence-electron chi connectivity index (χ2n) is 5.80. The standard InChI is InChI=1S/C16H25BrN6S.HI/c1-6-18-15(19-8-13-11-24-16(20-13)21(2)3)23(5)10-14-7-12(17)9-22(14)4;/h7,9,11H,6,8,10H2,1-5H3,(H,18,19);1H. The van der Waals surface area contributed by atoms with Crippen LogP contribution in [-0.2, 0) is 20.1 Å². The summed E-state index contributed by atoms with van der Waals surface area (Å²) in [6, 6.07) is 2.13. The molecule has 2 aromatic heterocycles. The summed E-state index contributed by atoms with van der Waals surface area (Å²) in [5, 5.41) is 6.42. The number of aliphatic imine (C=N–C) groups is 1. The molecule has 0 aliphatic heterocycles. The molecule has 0 atom stereocenters. The molecule has 140 valence electrons. The van der Waals surface area contributed by atoms with Gasteiger partial charge in [0.1, 0.15) is 0 Å². The van der Waals surface area contributed by atoms with Gasteiger partial charge < -0.3 is 19.7 Å². The van der Waals surface area contributed by atoms with Crippen molar-refractivity contribution in [3.05, 3.63) is 33.5 Å². The number of thiazole rings is 1. The van der Waals surface area contributed by atoms with Gasteiger partial charge in [-0.25, -0.2) is 9.98 Å². The van der Waals surface area contributed by atoms with Crippen LogP contribution in [0.1, 0.15) is 18.3 Å². The molecule has 0 aliphatic rings. The highest BCUT2D eigenvalue weighted by Gasteiger charge is 2.10. The van der Waals surface area contributed by atoms with Gasteiger partial charge in [0.2, 0.25) is 0 Å². The summed E-state index contributed by atoms with van der Waals surface area (Å²) in [6.45, 7) is 4.28. The van der Waals surface area contributed by atoms with Crippen LogP contribution in [0.3, 0.4) is 0 Å². The first-order valence-corrected chi connectivity index (χ1v) is 9.50. The summed E-state index contributed by atoms with van der Waals surface area (Å²) in [5.41, 5.74) is 2.22. The van der Waals surface area contributed by atoms with Crippen molar-refractivity contribution >= 4 is 62.3 Å². The molecule has 0 saturated carbocycles. The summed E-state index contributed by atoms with van der Waals surface area (Å²) in [7, 11) is 8.11. The Balaban J connectivity index is 0.00000312. The summed E-state index contributed by atoms with van der Waals surface area (Å²) in [5.74, 6) is 0.884. The number of hydrogen-bond acceptors (Lipinski definition) is 4. The molecule has 1 N–H and O–H groups in total. The third-order valence-corrected chi connectivity index (χ3v) is 4.97. The summed E-state index contributed by atoms with van der Waals surface area (Å²) >= 11 is 5.16. The Morgan fingerprint density at radius 1 is 1.40 bits per heavy atom. The van der Waals surface area contributed by atoms with E-state index in [1.165, 1.54) is 5.69 Å². The van der Waals surface area contributed by atoms with Crippen LogP contribution < -0.4 is 10.2 Å². The van der Waals surface area contributed by atoms with E-state index in [2.05, 4.69) is 74.4 Å². The van der Waals surface area contributed by atoms with Crippen molar-refractivity contribution in [3.63, 3.8) is 0 Å². The molecule has 0 radical (unpaired) electrons. The molecule has 0 fully saturated rings. The number of guanidine groups is 1. The Bertz CT molecular complexity index is 697. The van der Waals surface area contributed by atoms with E-state index in [4.69, 9.17) is 4.99 Å². The van der Waals surface area contributed by atoms with E-state index in [1.807, 2.05) is 19.0 Å². The van der Waals surface area contributed by atoms with Crippen LogP contribution in [0.25, 0.3) is 0 Å². The zero-order valence-corrected chi connectivity index (χ0v) is 20.0. The van der Waals surface area contributed by atoms with E-state index in [9.17, 15) is 0 Å². The minimum Gasteiger partial charge on any atom is -0.357 e. The quantitative estimate of drug-likeness (QED) is 0.346. The van der Waals surface area contributed by atoms with Gasteiger partial charge in [0.05, 0.1) is 18.8 Å². The molecule has 0 spiro atoms. The second kappa shape index (κ2) is 10.4. The molecule has 6 nitrogen and oxygen atoms in total. The van der Waals surface area contributed by atoms with E-state index in [1.54, 1.807) is 11.3 Å². The van der Waals surface area contributed by atoms with E-state index >= 15 is 0 Å². The van der Waals surface area contributed by atoms with Crippen LogP contribution in [-0.4, -0.2) is 48.1 Å². The molecule has 0 saturated heterocycles. The maximum absolute atomic E-state index is 4.73. The molecule has 0 amide bonds. The SMILES string of the molecule is CCNC(=NCc1csc(N(C)C)n1)N(C)Cc1cc(Br)cn1C.I. The van der Waals surface area contributed by atoms with Gasteiger partial charge in [-0.1, -0.05) is 0 Å². The van der Waals surface area contributed by atoms with Gasteiger partial charge in [-0.3, -0.25) is 0 Å². The predicted octanol–water partition coefficient (Wildman–Crippen LogP) is 3.53. The lowest BCUT2D eigenvalue weighted by molar-refractivity contribution is 0.461. The molecule has 0 unspecified atom stereocenters. The highest BCUT2D eigenvalue weighted by Crippen LogP contribution is 2.18. The predicted molar refractivity (Wildman–Crippen MR) is 121 cm³/mol. The van der Waals surface area contributed by atoms with Crippen molar-refractivity contribution in [1.82, 2.24) is 19.8 Å². The molecule has 9 heteroatoms. The molecule has 0 bridgehead atoms. The highest BCUT2D eigenvalue weighted by molar-refractivity contribution is 14.0. The number of aryl methyl sites for hydroxylation is 1. The normalized spacial score (nSPS) is 11.2. The number of rotatable bonds is 6. The summed E-state index contributed by atoms with van der Waals surface area (Å²) in [4.78, 5) is 13.5. The summed E-state index contributed by atoms with van der Waals surface area (Å²) < 4.78 is 3.21. The number of anilines is 1. The topological polar surface area (TPSA) is 48.7 Å². The number of halogens is 2. The Hall–Kier alpha value is -0.810. The van der Waals surface area contributed by atoms with Gasteiger partial charge in [0.15, 0.2) is 11.1 Å². The first-order chi connectivity index (χ1) is 11.4. The molecule has 0 aromatic carbocycles. The van der Waals surface area contributed by atoms with Crippen molar-refractivity contribution in [2.75, 3.05) is 32.6 Å². The van der Waals surface area contributed by atoms with Gasteiger partial charge in [-0.05, 0) is 28.9 Å². The lowest BCUT2D eigenvalue weighted by Gasteiger charge is -2.22. The smallest absolute Gasteiger partial charge is 0.194 e. The average molecular weight is 541 g/mol. The molecule has 2 rings (SSSR count). The zero-order valence-electron chi connectivity index (χ0n) is 15.3.